The first kappa shape index (κ1) is 19.4. The van der Waals surface area contributed by atoms with E-state index in [0.717, 1.165) is 0 Å². The summed E-state index contributed by atoms with van der Waals surface area (Å²) < 4.78 is 26.5. The molecule has 1 unspecified atom stereocenters. The number of carbonyl (C=O) groups is 1. The molecule has 23 heavy (non-hydrogen) atoms. The van der Waals surface area contributed by atoms with Crippen molar-refractivity contribution < 1.29 is 28.3 Å². The van der Waals surface area contributed by atoms with E-state index >= 15 is 0 Å². The lowest BCUT2D eigenvalue weighted by molar-refractivity contribution is -0.153. The highest BCUT2D eigenvalue weighted by molar-refractivity contribution is 5.82. The largest absolute Gasteiger partial charge is 0.470 e. The van der Waals surface area contributed by atoms with Gasteiger partial charge in [-0.25, -0.2) is 0 Å². The van der Waals surface area contributed by atoms with E-state index in [1.54, 1.807) is 13.0 Å². The SMILES string of the molecule is CCOC(COc1cc(C(C)(C(=O)OC)C(C)C)on1)OCC. The molecule has 1 rings (SSSR count). The van der Waals surface area contributed by atoms with Gasteiger partial charge in [0.15, 0.2) is 12.1 Å². The molecule has 1 aromatic heterocycles. The van der Waals surface area contributed by atoms with Crippen LogP contribution in [0.4, 0.5) is 0 Å². The van der Waals surface area contributed by atoms with Crippen LogP contribution in [0.1, 0.15) is 40.4 Å². The van der Waals surface area contributed by atoms with Gasteiger partial charge in [0, 0.05) is 19.3 Å². The van der Waals surface area contributed by atoms with Crippen LogP contribution in [0.5, 0.6) is 5.88 Å². The lowest BCUT2D eigenvalue weighted by Crippen LogP contribution is -2.38. The number of aromatic nitrogens is 1. The molecule has 0 bridgehead atoms. The van der Waals surface area contributed by atoms with Crippen LogP contribution in [0.25, 0.3) is 0 Å². The van der Waals surface area contributed by atoms with Crippen molar-refractivity contribution in [3.63, 3.8) is 0 Å². The van der Waals surface area contributed by atoms with Crippen molar-refractivity contribution in [1.82, 2.24) is 5.16 Å². The first-order valence-corrected chi connectivity index (χ1v) is 7.81. The molecule has 0 radical (unpaired) electrons. The van der Waals surface area contributed by atoms with E-state index in [2.05, 4.69) is 5.16 Å². The second-order valence-electron chi connectivity index (χ2n) is 5.53. The van der Waals surface area contributed by atoms with Gasteiger partial charge in [0.05, 0.1) is 7.11 Å². The van der Waals surface area contributed by atoms with Gasteiger partial charge in [-0.05, 0) is 31.8 Å². The Balaban J connectivity index is 2.81. The fourth-order valence-electron chi connectivity index (χ4n) is 2.07. The van der Waals surface area contributed by atoms with Gasteiger partial charge < -0.3 is 23.5 Å². The van der Waals surface area contributed by atoms with Crippen LogP contribution in [-0.4, -0.2) is 44.3 Å². The minimum atomic E-state index is -0.928. The Morgan fingerprint density at radius 2 is 1.91 bits per heavy atom. The second-order valence-corrected chi connectivity index (χ2v) is 5.53. The van der Waals surface area contributed by atoms with Crippen LogP contribution in [-0.2, 0) is 24.4 Å². The van der Waals surface area contributed by atoms with E-state index in [1.807, 2.05) is 27.7 Å². The summed E-state index contributed by atoms with van der Waals surface area (Å²) in [7, 11) is 1.35. The summed E-state index contributed by atoms with van der Waals surface area (Å²) in [6.07, 6.45) is -0.470. The molecule has 0 spiro atoms. The summed E-state index contributed by atoms with van der Waals surface area (Å²) in [5, 5.41) is 3.86. The van der Waals surface area contributed by atoms with Gasteiger partial charge in [-0.2, -0.15) is 0 Å². The molecule has 0 aliphatic rings. The van der Waals surface area contributed by atoms with E-state index in [1.165, 1.54) is 7.11 Å². The van der Waals surface area contributed by atoms with Gasteiger partial charge in [0.25, 0.3) is 5.88 Å². The summed E-state index contributed by atoms with van der Waals surface area (Å²) in [6, 6.07) is 1.60. The molecule has 1 atom stereocenters. The first-order chi connectivity index (χ1) is 10.9. The van der Waals surface area contributed by atoms with Gasteiger partial charge in [-0.15, -0.1) is 0 Å². The molecule has 1 heterocycles. The Hall–Kier alpha value is -1.60. The average Bonchev–Trinajstić information content (AvgIpc) is 3.00. The van der Waals surface area contributed by atoms with Gasteiger partial charge in [0.2, 0.25) is 0 Å². The van der Waals surface area contributed by atoms with Crippen molar-refractivity contribution in [3.8, 4) is 5.88 Å². The zero-order valence-electron chi connectivity index (χ0n) is 14.8. The van der Waals surface area contributed by atoms with Crippen molar-refractivity contribution >= 4 is 5.97 Å². The predicted octanol–water partition coefficient (Wildman–Crippen LogP) is 2.54. The van der Waals surface area contributed by atoms with Crippen LogP contribution in [0.3, 0.4) is 0 Å². The van der Waals surface area contributed by atoms with Crippen molar-refractivity contribution in [2.75, 3.05) is 26.9 Å². The molecule has 1 aromatic rings. The highest BCUT2D eigenvalue weighted by Crippen LogP contribution is 2.35. The molecule has 0 saturated carbocycles. The maximum Gasteiger partial charge on any atom is 0.319 e. The highest BCUT2D eigenvalue weighted by Gasteiger charge is 2.43. The number of hydrogen-bond acceptors (Lipinski definition) is 7. The number of esters is 1. The Morgan fingerprint density at radius 1 is 1.30 bits per heavy atom. The normalized spacial score (nSPS) is 14.1. The number of carbonyl (C=O) groups excluding carboxylic acids is 1. The maximum atomic E-state index is 12.1. The molecule has 0 aliphatic carbocycles. The van der Waals surface area contributed by atoms with Crippen molar-refractivity contribution in [3.05, 3.63) is 11.8 Å². The van der Waals surface area contributed by atoms with E-state index in [0.29, 0.717) is 19.0 Å². The zero-order valence-corrected chi connectivity index (χ0v) is 14.8. The summed E-state index contributed by atoms with van der Waals surface area (Å²) in [5.41, 5.74) is -0.928. The lowest BCUT2D eigenvalue weighted by Gasteiger charge is -2.27. The standard InChI is InChI=1S/C16H27NO6/c1-7-20-14(21-8-2)10-22-13-9-12(23-17-13)16(5,11(3)4)15(18)19-6/h9,11,14H,7-8,10H2,1-6H3. The van der Waals surface area contributed by atoms with E-state index < -0.39 is 11.7 Å². The third-order valence-corrected chi connectivity index (χ3v) is 3.84. The number of ether oxygens (including phenoxy) is 4. The molecule has 0 saturated heterocycles. The number of nitrogens with zero attached hydrogens (tertiary/aromatic N) is 1. The molecule has 132 valence electrons. The highest BCUT2D eigenvalue weighted by atomic mass is 16.7. The average molecular weight is 329 g/mol. The van der Waals surface area contributed by atoms with Crippen LogP contribution in [0.2, 0.25) is 0 Å². The van der Waals surface area contributed by atoms with Crippen LogP contribution in [0, 0.1) is 5.92 Å². The smallest absolute Gasteiger partial charge is 0.319 e. The molecular weight excluding hydrogens is 302 g/mol. The topological polar surface area (TPSA) is 80.0 Å². The van der Waals surface area contributed by atoms with Gasteiger partial charge in [0.1, 0.15) is 12.0 Å². The Morgan fingerprint density at radius 3 is 2.39 bits per heavy atom. The Kier molecular flexibility index (Phi) is 7.51. The fourth-order valence-corrected chi connectivity index (χ4v) is 2.07. The lowest BCUT2D eigenvalue weighted by atomic mass is 9.77. The second kappa shape index (κ2) is 8.88. The molecule has 0 amide bonds. The van der Waals surface area contributed by atoms with Crippen molar-refractivity contribution in [1.29, 1.82) is 0 Å². The fraction of sp³-hybridized carbons (Fsp3) is 0.750. The van der Waals surface area contributed by atoms with E-state index in [4.69, 9.17) is 23.5 Å². The van der Waals surface area contributed by atoms with Crippen LogP contribution < -0.4 is 4.74 Å². The zero-order chi connectivity index (χ0) is 17.5. The number of methoxy groups -OCH3 is 1. The molecule has 0 aromatic carbocycles. The third kappa shape index (κ3) is 4.68. The minimum absolute atomic E-state index is 0.0321. The monoisotopic (exact) mass is 329 g/mol. The first-order valence-electron chi connectivity index (χ1n) is 7.81. The molecule has 0 N–H and O–H groups in total. The van der Waals surface area contributed by atoms with Crippen molar-refractivity contribution in [2.45, 2.75) is 46.3 Å². The molecular formula is C16H27NO6. The molecule has 0 aliphatic heterocycles. The number of hydrogen-bond donors (Lipinski definition) is 0. The molecule has 0 fully saturated rings. The Labute approximate surface area is 137 Å². The summed E-state index contributed by atoms with van der Waals surface area (Å²) in [6.45, 7) is 10.6. The summed E-state index contributed by atoms with van der Waals surface area (Å²) in [5.74, 6) is 0.269. The predicted molar refractivity (Wildman–Crippen MR) is 83.2 cm³/mol. The van der Waals surface area contributed by atoms with E-state index in [9.17, 15) is 4.79 Å². The molecule has 7 heteroatoms. The van der Waals surface area contributed by atoms with Gasteiger partial charge in [-0.1, -0.05) is 13.8 Å². The van der Waals surface area contributed by atoms with Crippen LogP contribution >= 0.6 is 0 Å². The Bertz CT molecular complexity index is 481. The van der Waals surface area contributed by atoms with Gasteiger partial charge >= 0.3 is 5.97 Å². The summed E-state index contributed by atoms with van der Waals surface area (Å²) in [4.78, 5) is 12.1. The maximum absolute atomic E-state index is 12.1. The quantitative estimate of drug-likeness (QED) is 0.482. The third-order valence-electron chi connectivity index (χ3n) is 3.84. The molecule has 7 nitrogen and oxygen atoms in total. The van der Waals surface area contributed by atoms with Crippen LogP contribution in [0.15, 0.2) is 10.6 Å². The number of rotatable bonds is 10. The van der Waals surface area contributed by atoms with Gasteiger partial charge in [-0.3, -0.25) is 4.79 Å². The van der Waals surface area contributed by atoms with Crippen molar-refractivity contribution in [2.24, 2.45) is 5.92 Å². The summed E-state index contributed by atoms with van der Waals surface area (Å²) >= 11 is 0. The van der Waals surface area contributed by atoms with E-state index in [-0.39, 0.29) is 24.4 Å². The minimum Gasteiger partial charge on any atom is -0.470 e.